The molecule has 0 bridgehead atoms. The van der Waals surface area contributed by atoms with Gasteiger partial charge in [0.05, 0.1) is 27.4 Å². The molecule has 2 aliphatic heterocycles. The Labute approximate surface area is 249 Å². The number of anilines is 1. The zero-order chi connectivity index (χ0) is 29.9. The van der Waals surface area contributed by atoms with Gasteiger partial charge < -0.3 is 19.1 Å². The van der Waals surface area contributed by atoms with Crippen molar-refractivity contribution < 1.29 is 28.6 Å². The van der Waals surface area contributed by atoms with E-state index in [4.69, 9.17) is 14.2 Å². The average molecular weight is 572 g/mol. The normalized spacial score (nSPS) is 20.9. The minimum Gasteiger partial charge on any atom is -0.493 e. The van der Waals surface area contributed by atoms with E-state index in [1.807, 2.05) is 59.5 Å². The van der Waals surface area contributed by atoms with Crippen molar-refractivity contribution in [2.45, 2.75) is 18.0 Å². The van der Waals surface area contributed by atoms with Crippen LogP contribution in [0.25, 0.3) is 6.08 Å². The molecule has 1 fully saturated rings. The van der Waals surface area contributed by atoms with Crippen molar-refractivity contribution in [3.63, 3.8) is 0 Å². The van der Waals surface area contributed by atoms with Gasteiger partial charge in [0.15, 0.2) is 28.8 Å². The predicted octanol–water partition coefficient (Wildman–Crippen LogP) is 6.03. The summed E-state index contributed by atoms with van der Waals surface area (Å²) in [6.45, 7) is 0. The number of Topliss-reactive ketones (excluding diaryl/α,β-unsaturated/α-hetero) is 3. The van der Waals surface area contributed by atoms with E-state index in [9.17, 15) is 14.4 Å². The monoisotopic (exact) mass is 571 g/mol. The van der Waals surface area contributed by atoms with Gasteiger partial charge in [-0.2, -0.15) is 0 Å². The van der Waals surface area contributed by atoms with Crippen molar-refractivity contribution in [1.29, 1.82) is 0 Å². The summed E-state index contributed by atoms with van der Waals surface area (Å²) in [6, 6.07) is 25.6. The number of ketones is 3. The Morgan fingerprint density at radius 1 is 0.744 bits per heavy atom. The topological polar surface area (TPSA) is 82.1 Å². The van der Waals surface area contributed by atoms with Crippen LogP contribution < -0.4 is 19.1 Å². The van der Waals surface area contributed by atoms with Crippen molar-refractivity contribution in [2.75, 3.05) is 26.2 Å². The number of carbonyl (C=O) groups is 3. The molecule has 0 unspecified atom stereocenters. The molecular weight excluding hydrogens is 542 g/mol. The molecular formula is C36H29NO6. The zero-order valence-corrected chi connectivity index (χ0v) is 23.9. The summed E-state index contributed by atoms with van der Waals surface area (Å²) in [4.78, 5) is 46.4. The number of methoxy groups -OCH3 is 3. The molecule has 4 aromatic rings. The second-order valence-corrected chi connectivity index (χ2v) is 11.0. The van der Waals surface area contributed by atoms with E-state index in [2.05, 4.69) is 0 Å². The third-order valence-electron chi connectivity index (χ3n) is 9.09. The lowest BCUT2D eigenvalue weighted by Gasteiger charge is -2.37. The average Bonchev–Trinajstić information content (AvgIpc) is 3.50. The number of benzene rings is 4. The summed E-state index contributed by atoms with van der Waals surface area (Å²) in [5.41, 5.74) is 1.85. The predicted molar refractivity (Wildman–Crippen MR) is 163 cm³/mol. The van der Waals surface area contributed by atoms with E-state index in [0.717, 1.165) is 11.3 Å². The summed E-state index contributed by atoms with van der Waals surface area (Å²) >= 11 is 0. The smallest absolute Gasteiger partial charge is 0.203 e. The van der Waals surface area contributed by atoms with E-state index in [1.54, 1.807) is 48.5 Å². The largest absolute Gasteiger partial charge is 0.493 e. The first-order valence-electron chi connectivity index (χ1n) is 14.1. The standard InChI is InChI=1S/C36H29NO6/c1-41-27-19-23(20-28(42-2)33(27)43-3)30-31(32(38)22-12-5-4-6-13-22)37-26-16-10-7-11-21(26)17-18-29(37)36(30)34(39)24-14-8-9-15-25(24)35(36)40/h4-20,29-31H,1-3H3/t29-,30-,31+/m0/s1. The molecule has 0 amide bonds. The van der Waals surface area contributed by atoms with Crippen LogP contribution in [0.4, 0.5) is 5.69 Å². The van der Waals surface area contributed by atoms with E-state index >= 15 is 0 Å². The molecule has 214 valence electrons. The van der Waals surface area contributed by atoms with Crippen LogP contribution in [-0.4, -0.2) is 50.8 Å². The highest BCUT2D eigenvalue weighted by Gasteiger charge is 2.71. The molecule has 7 heteroatoms. The van der Waals surface area contributed by atoms with Gasteiger partial charge in [0.1, 0.15) is 11.5 Å². The van der Waals surface area contributed by atoms with Crippen LogP contribution >= 0.6 is 0 Å². The van der Waals surface area contributed by atoms with Gasteiger partial charge in [0.25, 0.3) is 0 Å². The van der Waals surface area contributed by atoms with Gasteiger partial charge >= 0.3 is 0 Å². The number of fused-ring (bicyclic) bond motifs is 5. The van der Waals surface area contributed by atoms with Crippen LogP contribution in [0.3, 0.4) is 0 Å². The van der Waals surface area contributed by atoms with E-state index in [1.165, 1.54) is 21.3 Å². The van der Waals surface area contributed by atoms with Gasteiger partial charge in [-0.1, -0.05) is 84.9 Å². The summed E-state index contributed by atoms with van der Waals surface area (Å²) in [7, 11) is 4.55. The molecule has 7 nitrogen and oxygen atoms in total. The van der Waals surface area contributed by atoms with Gasteiger partial charge in [-0.3, -0.25) is 14.4 Å². The fourth-order valence-electron chi connectivity index (χ4n) is 7.34. The van der Waals surface area contributed by atoms with E-state index in [-0.39, 0.29) is 17.3 Å². The lowest BCUT2D eigenvalue weighted by molar-refractivity contribution is 0.0665. The lowest BCUT2D eigenvalue weighted by Crippen LogP contribution is -2.48. The third kappa shape index (κ3) is 3.57. The van der Waals surface area contributed by atoms with Crippen molar-refractivity contribution in [3.8, 4) is 17.2 Å². The van der Waals surface area contributed by atoms with Crippen molar-refractivity contribution >= 4 is 29.1 Å². The first-order valence-corrected chi connectivity index (χ1v) is 14.1. The summed E-state index contributed by atoms with van der Waals surface area (Å²) in [5, 5.41) is 0. The highest BCUT2D eigenvalue weighted by molar-refractivity contribution is 6.32. The Hall–Kier alpha value is -5.17. The van der Waals surface area contributed by atoms with Crippen LogP contribution in [0.1, 0.15) is 48.1 Å². The maximum Gasteiger partial charge on any atom is 0.203 e. The molecule has 0 radical (unpaired) electrons. The Balaban J connectivity index is 1.58. The zero-order valence-electron chi connectivity index (χ0n) is 23.9. The summed E-state index contributed by atoms with van der Waals surface area (Å²) < 4.78 is 17.0. The Kier molecular flexibility index (Phi) is 6.20. The molecule has 1 saturated heterocycles. The fraction of sp³-hybridized carbons (Fsp3) is 0.194. The number of nitrogens with zero attached hydrogens (tertiary/aromatic N) is 1. The number of ether oxygens (including phenoxy) is 3. The first-order chi connectivity index (χ1) is 21.0. The van der Waals surface area contributed by atoms with E-state index in [0.29, 0.717) is 39.5 Å². The van der Waals surface area contributed by atoms with Crippen molar-refractivity contribution in [3.05, 3.63) is 125 Å². The molecule has 3 aliphatic rings. The van der Waals surface area contributed by atoms with Crippen LogP contribution in [0.15, 0.2) is 97.1 Å². The van der Waals surface area contributed by atoms with Gasteiger partial charge in [0.2, 0.25) is 5.75 Å². The minimum atomic E-state index is -1.63. The Bertz CT molecular complexity index is 1770. The molecule has 2 heterocycles. The minimum absolute atomic E-state index is 0.192. The third-order valence-corrected chi connectivity index (χ3v) is 9.09. The molecule has 1 spiro atoms. The SMILES string of the molecule is COc1cc([C@H]2[C@H](C(=O)c3ccccc3)N3c4ccccc4C=C[C@H]3C23C(=O)c2ccccc2C3=O)cc(OC)c1OC. The number of hydrogen-bond acceptors (Lipinski definition) is 7. The molecule has 4 aromatic carbocycles. The first kappa shape index (κ1) is 26.7. The second kappa shape index (κ2) is 9.98. The number of carbonyl (C=O) groups excluding carboxylic acids is 3. The Morgan fingerprint density at radius 2 is 1.33 bits per heavy atom. The second-order valence-electron chi connectivity index (χ2n) is 11.0. The molecule has 3 atom stereocenters. The van der Waals surface area contributed by atoms with Crippen LogP contribution in [0, 0.1) is 5.41 Å². The van der Waals surface area contributed by atoms with Crippen LogP contribution in [-0.2, 0) is 0 Å². The van der Waals surface area contributed by atoms with Gasteiger partial charge in [-0.25, -0.2) is 0 Å². The maximum absolute atomic E-state index is 14.8. The van der Waals surface area contributed by atoms with Gasteiger partial charge in [0, 0.05) is 28.3 Å². The van der Waals surface area contributed by atoms with Gasteiger partial charge in [-0.05, 0) is 29.3 Å². The molecule has 0 saturated carbocycles. The van der Waals surface area contributed by atoms with Crippen LogP contribution in [0.2, 0.25) is 0 Å². The van der Waals surface area contributed by atoms with Crippen molar-refractivity contribution in [1.82, 2.24) is 0 Å². The van der Waals surface area contributed by atoms with Crippen LogP contribution in [0.5, 0.6) is 17.2 Å². The maximum atomic E-state index is 14.8. The number of rotatable bonds is 6. The lowest BCUT2D eigenvalue weighted by atomic mass is 9.64. The molecule has 7 rings (SSSR count). The number of hydrogen-bond donors (Lipinski definition) is 0. The van der Waals surface area contributed by atoms with Gasteiger partial charge in [-0.15, -0.1) is 0 Å². The summed E-state index contributed by atoms with van der Waals surface area (Å²) in [6.07, 6.45) is 3.86. The molecule has 43 heavy (non-hydrogen) atoms. The fourth-order valence-corrected chi connectivity index (χ4v) is 7.34. The quantitative estimate of drug-likeness (QED) is 0.207. The molecule has 0 aromatic heterocycles. The van der Waals surface area contributed by atoms with E-state index < -0.39 is 23.4 Å². The molecule has 1 aliphatic carbocycles. The summed E-state index contributed by atoms with van der Waals surface area (Å²) in [5.74, 6) is -0.571. The Morgan fingerprint density at radius 3 is 1.93 bits per heavy atom. The highest BCUT2D eigenvalue weighted by atomic mass is 16.5. The highest BCUT2D eigenvalue weighted by Crippen LogP contribution is 2.61. The number of para-hydroxylation sites is 1. The molecule has 0 N–H and O–H groups in total. The van der Waals surface area contributed by atoms with Crippen molar-refractivity contribution in [2.24, 2.45) is 5.41 Å².